The molecule has 3 heteroatoms. The van der Waals surface area contributed by atoms with Gasteiger partial charge in [-0.15, -0.1) is 0 Å². The van der Waals surface area contributed by atoms with Crippen molar-refractivity contribution < 1.29 is 9.53 Å². The zero-order chi connectivity index (χ0) is 21.0. The second-order valence-electron chi connectivity index (χ2n) is 7.63. The molecule has 0 aliphatic heterocycles. The third-order valence-corrected chi connectivity index (χ3v) is 5.22. The number of hydrogen-bond acceptors (Lipinski definition) is 3. The highest BCUT2D eigenvalue weighted by Gasteiger charge is 2.19. The number of carbonyl (C=O) groups is 1. The van der Waals surface area contributed by atoms with E-state index in [-0.39, 0.29) is 6.04 Å². The molecule has 0 radical (unpaired) electrons. The Morgan fingerprint density at radius 3 is 1.87 bits per heavy atom. The number of benzene rings is 3. The molecule has 0 heterocycles. The molecule has 0 unspecified atom stereocenters. The smallest absolute Gasteiger partial charge is 0.137 e. The topological polar surface area (TPSA) is 29.5 Å². The van der Waals surface area contributed by atoms with Crippen LogP contribution in [0.3, 0.4) is 0 Å². The van der Waals surface area contributed by atoms with Crippen LogP contribution in [0, 0.1) is 0 Å². The number of carbonyl (C=O) groups excluding carboxylic acids is 1. The molecular formula is C27H31NO2. The van der Waals surface area contributed by atoms with E-state index in [2.05, 4.69) is 48.2 Å². The van der Waals surface area contributed by atoms with Crippen molar-refractivity contribution in [1.29, 1.82) is 0 Å². The van der Waals surface area contributed by atoms with Crippen molar-refractivity contribution in [3.63, 3.8) is 0 Å². The van der Waals surface area contributed by atoms with Gasteiger partial charge in [0.2, 0.25) is 0 Å². The molecule has 0 aromatic heterocycles. The molecule has 0 N–H and O–H groups in total. The molecule has 0 aliphatic carbocycles. The lowest BCUT2D eigenvalue weighted by atomic mass is 10.0. The van der Waals surface area contributed by atoms with Crippen LogP contribution < -0.4 is 4.74 Å². The molecule has 0 saturated heterocycles. The van der Waals surface area contributed by atoms with E-state index in [9.17, 15) is 4.79 Å². The summed E-state index contributed by atoms with van der Waals surface area (Å²) in [5.74, 6) is 0.889. The van der Waals surface area contributed by atoms with Crippen molar-refractivity contribution in [2.24, 2.45) is 0 Å². The first-order valence-corrected chi connectivity index (χ1v) is 10.8. The van der Waals surface area contributed by atoms with Gasteiger partial charge in [-0.05, 0) is 41.7 Å². The Morgan fingerprint density at radius 2 is 1.37 bits per heavy atom. The van der Waals surface area contributed by atoms with Crippen LogP contribution in [0.4, 0.5) is 0 Å². The average Bonchev–Trinajstić information content (AvgIpc) is 2.80. The highest BCUT2D eigenvalue weighted by atomic mass is 16.5. The second-order valence-corrected chi connectivity index (χ2v) is 7.63. The standard InChI is InChI=1S/C27H31NO2/c1-2-3-18-30-27-16-14-23(15-17-27)19-26(22-29)28(20-24-10-6-4-7-11-24)21-25-12-8-5-9-13-25/h4-17,22,26H,2-3,18-21H2,1H3/t26-/m0/s1. The summed E-state index contributed by atoms with van der Waals surface area (Å²) in [4.78, 5) is 14.4. The first-order valence-electron chi connectivity index (χ1n) is 10.8. The Kier molecular flexibility index (Phi) is 8.67. The average molecular weight is 402 g/mol. The third-order valence-electron chi connectivity index (χ3n) is 5.22. The molecule has 1 atom stereocenters. The van der Waals surface area contributed by atoms with Gasteiger partial charge in [0.25, 0.3) is 0 Å². The SMILES string of the molecule is CCCCOc1ccc(C[C@@H](C=O)N(Cc2ccccc2)Cc2ccccc2)cc1. The maximum Gasteiger partial charge on any atom is 0.137 e. The number of ether oxygens (including phenoxy) is 1. The number of aldehydes is 1. The van der Waals surface area contributed by atoms with Gasteiger partial charge in [0.15, 0.2) is 0 Å². The Morgan fingerprint density at radius 1 is 0.800 bits per heavy atom. The van der Waals surface area contributed by atoms with Gasteiger partial charge in [0, 0.05) is 13.1 Å². The predicted molar refractivity (Wildman–Crippen MR) is 123 cm³/mol. The normalized spacial score (nSPS) is 11.9. The van der Waals surface area contributed by atoms with Gasteiger partial charge in [0.05, 0.1) is 12.6 Å². The highest BCUT2D eigenvalue weighted by Crippen LogP contribution is 2.18. The highest BCUT2D eigenvalue weighted by molar-refractivity contribution is 5.58. The van der Waals surface area contributed by atoms with E-state index < -0.39 is 0 Å². The van der Waals surface area contributed by atoms with E-state index >= 15 is 0 Å². The quantitative estimate of drug-likeness (QED) is 0.289. The maximum absolute atomic E-state index is 12.1. The lowest BCUT2D eigenvalue weighted by molar-refractivity contribution is -0.112. The molecule has 156 valence electrons. The third kappa shape index (κ3) is 6.85. The van der Waals surface area contributed by atoms with Gasteiger partial charge in [-0.1, -0.05) is 86.1 Å². The van der Waals surface area contributed by atoms with Crippen molar-refractivity contribution in [2.45, 2.75) is 45.3 Å². The van der Waals surface area contributed by atoms with E-state index in [4.69, 9.17) is 4.74 Å². The predicted octanol–water partition coefficient (Wildman–Crippen LogP) is 5.68. The van der Waals surface area contributed by atoms with Crippen LogP contribution >= 0.6 is 0 Å². The van der Waals surface area contributed by atoms with E-state index in [1.54, 1.807) is 0 Å². The van der Waals surface area contributed by atoms with Crippen LogP contribution in [0.15, 0.2) is 84.9 Å². The van der Waals surface area contributed by atoms with E-state index in [1.165, 1.54) is 11.1 Å². The lowest BCUT2D eigenvalue weighted by Gasteiger charge is -2.28. The molecule has 0 amide bonds. The summed E-state index contributed by atoms with van der Waals surface area (Å²) in [6.45, 7) is 4.37. The minimum absolute atomic E-state index is 0.197. The van der Waals surface area contributed by atoms with Crippen LogP contribution in [-0.2, 0) is 24.3 Å². The Hall–Kier alpha value is -2.91. The largest absolute Gasteiger partial charge is 0.494 e. The zero-order valence-corrected chi connectivity index (χ0v) is 17.7. The summed E-state index contributed by atoms with van der Waals surface area (Å²) in [7, 11) is 0. The van der Waals surface area contributed by atoms with E-state index in [0.29, 0.717) is 6.42 Å². The minimum Gasteiger partial charge on any atom is -0.494 e. The molecule has 0 bridgehead atoms. The minimum atomic E-state index is -0.197. The summed E-state index contributed by atoms with van der Waals surface area (Å²) >= 11 is 0. The van der Waals surface area contributed by atoms with Crippen molar-refractivity contribution in [3.8, 4) is 5.75 Å². The van der Waals surface area contributed by atoms with Gasteiger partial charge in [-0.25, -0.2) is 0 Å². The van der Waals surface area contributed by atoms with Crippen LogP contribution in [0.2, 0.25) is 0 Å². The van der Waals surface area contributed by atoms with Gasteiger partial charge in [-0.2, -0.15) is 0 Å². The molecule has 3 rings (SSSR count). The molecule has 0 fully saturated rings. The van der Waals surface area contributed by atoms with E-state index in [1.807, 2.05) is 48.5 Å². The fraction of sp³-hybridized carbons (Fsp3) is 0.296. The second kappa shape index (κ2) is 11.9. The summed E-state index contributed by atoms with van der Waals surface area (Å²) in [6, 6.07) is 28.6. The van der Waals surface area contributed by atoms with Gasteiger partial charge < -0.3 is 9.53 Å². The summed E-state index contributed by atoms with van der Waals surface area (Å²) in [6.07, 6.45) is 3.94. The zero-order valence-electron chi connectivity index (χ0n) is 17.7. The maximum atomic E-state index is 12.1. The van der Waals surface area contributed by atoms with Crippen molar-refractivity contribution in [1.82, 2.24) is 4.90 Å². The Bertz CT molecular complexity index is 821. The fourth-order valence-electron chi connectivity index (χ4n) is 3.49. The molecule has 3 aromatic carbocycles. The van der Waals surface area contributed by atoms with Crippen LogP contribution in [0.5, 0.6) is 5.75 Å². The van der Waals surface area contributed by atoms with Crippen molar-refractivity contribution >= 4 is 6.29 Å². The molecule has 3 nitrogen and oxygen atoms in total. The first-order chi connectivity index (χ1) is 14.8. The lowest BCUT2D eigenvalue weighted by Crippen LogP contribution is -2.37. The summed E-state index contributed by atoms with van der Waals surface area (Å²) in [5.41, 5.74) is 3.56. The Labute approximate surface area is 180 Å². The Balaban J connectivity index is 1.71. The number of unbranched alkanes of at least 4 members (excludes halogenated alkanes) is 1. The van der Waals surface area contributed by atoms with Gasteiger partial charge in [-0.3, -0.25) is 4.90 Å². The fourth-order valence-corrected chi connectivity index (χ4v) is 3.49. The van der Waals surface area contributed by atoms with Crippen LogP contribution in [-0.4, -0.2) is 23.8 Å². The number of nitrogens with zero attached hydrogens (tertiary/aromatic N) is 1. The van der Waals surface area contributed by atoms with Gasteiger partial charge in [0.1, 0.15) is 12.0 Å². The van der Waals surface area contributed by atoms with Crippen LogP contribution in [0.25, 0.3) is 0 Å². The summed E-state index contributed by atoms with van der Waals surface area (Å²) < 4.78 is 5.76. The molecular weight excluding hydrogens is 370 g/mol. The molecule has 0 aliphatic rings. The monoisotopic (exact) mass is 401 g/mol. The van der Waals surface area contributed by atoms with Crippen molar-refractivity contribution in [2.75, 3.05) is 6.61 Å². The first kappa shape index (κ1) is 21.8. The molecule has 0 saturated carbocycles. The van der Waals surface area contributed by atoms with E-state index in [0.717, 1.165) is 50.1 Å². The van der Waals surface area contributed by atoms with Crippen LogP contribution in [0.1, 0.15) is 36.5 Å². The van der Waals surface area contributed by atoms with Crippen molar-refractivity contribution in [3.05, 3.63) is 102 Å². The molecule has 30 heavy (non-hydrogen) atoms. The molecule has 3 aromatic rings. The number of hydrogen-bond donors (Lipinski definition) is 0. The number of rotatable bonds is 12. The summed E-state index contributed by atoms with van der Waals surface area (Å²) in [5, 5.41) is 0. The molecule has 0 spiro atoms. The van der Waals surface area contributed by atoms with Gasteiger partial charge >= 0.3 is 0 Å².